The normalized spacial score (nSPS) is 25.6. The molecule has 3 heteroatoms. The summed E-state index contributed by atoms with van der Waals surface area (Å²) < 4.78 is 0. The summed E-state index contributed by atoms with van der Waals surface area (Å²) in [5.41, 5.74) is 8.99. The van der Waals surface area contributed by atoms with Crippen LogP contribution in [0.1, 0.15) is 43.9 Å². The Kier molecular flexibility index (Phi) is 4.36. The van der Waals surface area contributed by atoms with Crippen molar-refractivity contribution in [3.63, 3.8) is 0 Å². The Bertz CT molecular complexity index is 389. The van der Waals surface area contributed by atoms with E-state index in [2.05, 4.69) is 36.7 Å². The van der Waals surface area contributed by atoms with Crippen molar-refractivity contribution >= 4 is 0 Å². The van der Waals surface area contributed by atoms with Gasteiger partial charge in [0.15, 0.2) is 0 Å². The van der Waals surface area contributed by atoms with Crippen molar-refractivity contribution in [1.29, 1.82) is 0 Å². The molecule has 2 N–H and O–H groups in total. The number of nitrogens with two attached hydrogens (primary N) is 1. The number of piperidine rings is 1. The second-order valence-corrected chi connectivity index (χ2v) is 5.87. The standard InChI is InChI=1S/C15H25N3/c1-11(2)10-18-8-4-5-14(16)15(18)13-9-17-7-6-12(13)3/h6-7,9,11,14-15H,4-5,8,10,16H2,1-3H3. The van der Waals surface area contributed by atoms with E-state index in [-0.39, 0.29) is 6.04 Å². The molecule has 0 aromatic carbocycles. The van der Waals surface area contributed by atoms with Crippen LogP contribution in [0.25, 0.3) is 0 Å². The molecule has 0 spiro atoms. The van der Waals surface area contributed by atoms with Crippen LogP contribution in [0, 0.1) is 12.8 Å². The number of aryl methyl sites for hydroxylation is 1. The maximum Gasteiger partial charge on any atom is 0.0517 e. The highest BCUT2D eigenvalue weighted by Crippen LogP contribution is 2.31. The Labute approximate surface area is 110 Å². The number of rotatable bonds is 3. The predicted molar refractivity (Wildman–Crippen MR) is 75.3 cm³/mol. The molecular weight excluding hydrogens is 222 g/mol. The summed E-state index contributed by atoms with van der Waals surface area (Å²) in [4.78, 5) is 6.83. The zero-order chi connectivity index (χ0) is 13.1. The minimum absolute atomic E-state index is 0.236. The zero-order valence-electron chi connectivity index (χ0n) is 11.8. The highest BCUT2D eigenvalue weighted by molar-refractivity contribution is 5.27. The Hall–Kier alpha value is -0.930. The molecule has 2 heterocycles. The fourth-order valence-electron chi connectivity index (χ4n) is 2.98. The monoisotopic (exact) mass is 247 g/mol. The van der Waals surface area contributed by atoms with Crippen molar-refractivity contribution < 1.29 is 0 Å². The van der Waals surface area contributed by atoms with Crippen molar-refractivity contribution in [2.45, 2.75) is 45.7 Å². The summed E-state index contributed by atoms with van der Waals surface area (Å²) in [6, 6.07) is 2.67. The largest absolute Gasteiger partial charge is 0.326 e. The van der Waals surface area contributed by atoms with Gasteiger partial charge < -0.3 is 5.73 Å². The molecular formula is C15H25N3. The molecule has 0 saturated carbocycles. The smallest absolute Gasteiger partial charge is 0.0517 e. The van der Waals surface area contributed by atoms with E-state index >= 15 is 0 Å². The number of hydrogen-bond donors (Lipinski definition) is 1. The maximum absolute atomic E-state index is 6.38. The van der Waals surface area contributed by atoms with Crippen LogP contribution in [0.2, 0.25) is 0 Å². The predicted octanol–water partition coefficient (Wildman–Crippen LogP) is 2.51. The molecule has 1 aliphatic heterocycles. The van der Waals surface area contributed by atoms with Gasteiger partial charge in [0.1, 0.15) is 0 Å². The van der Waals surface area contributed by atoms with Crippen molar-refractivity contribution in [2.75, 3.05) is 13.1 Å². The second-order valence-electron chi connectivity index (χ2n) is 5.87. The molecule has 2 atom stereocenters. The van der Waals surface area contributed by atoms with E-state index in [1.165, 1.54) is 17.5 Å². The average Bonchev–Trinajstić information content (AvgIpc) is 2.30. The van der Waals surface area contributed by atoms with Crippen LogP contribution < -0.4 is 5.73 Å². The SMILES string of the molecule is Cc1ccncc1C1C(N)CCCN1CC(C)C. The van der Waals surface area contributed by atoms with Gasteiger partial charge in [-0.3, -0.25) is 9.88 Å². The minimum Gasteiger partial charge on any atom is -0.326 e. The molecule has 100 valence electrons. The molecule has 2 rings (SSSR count). The minimum atomic E-state index is 0.236. The summed E-state index contributed by atoms with van der Waals surface area (Å²) in [7, 11) is 0. The van der Waals surface area contributed by atoms with E-state index in [1.807, 2.05) is 12.4 Å². The third-order valence-electron chi connectivity index (χ3n) is 3.78. The Morgan fingerprint density at radius 2 is 2.28 bits per heavy atom. The third-order valence-corrected chi connectivity index (χ3v) is 3.78. The summed E-state index contributed by atoms with van der Waals surface area (Å²) in [5, 5.41) is 0. The van der Waals surface area contributed by atoms with E-state index in [4.69, 9.17) is 5.73 Å². The second kappa shape index (κ2) is 5.81. The molecule has 18 heavy (non-hydrogen) atoms. The molecule has 1 aromatic rings. The lowest BCUT2D eigenvalue weighted by molar-refractivity contribution is 0.113. The number of pyridine rings is 1. The molecule has 0 radical (unpaired) electrons. The van der Waals surface area contributed by atoms with Crippen molar-refractivity contribution in [3.05, 3.63) is 29.6 Å². The van der Waals surface area contributed by atoms with Crippen LogP contribution in [-0.4, -0.2) is 29.0 Å². The summed E-state index contributed by atoms with van der Waals surface area (Å²) in [6.45, 7) is 8.98. The quantitative estimate of drug-likeness (QED) is 0.892. The van der Waals surface area contributed by atoms with Crippen LogP contribution in [0.5, 0.6) is 0 Å². The van der Waals surface area contributed by atoms with Crippen LogP contribution >= 0.6 is 0 Å². The number of hydrogen-bond acceptors (Lipinski definition) is 3. The van der Waals surface area contributed by atoms with Crippen LogP contribution in [0.15, 0.2) is 18.5 Å². The number of aromatic nitrogens is 1. The van der Waals surface area contributed by atoms with Crippen molar-refractivity contribution in [2.24, 2.45) is 11.7 Å². The summed E-state index contributed by atoms with van der Waals surface area (Å²) in [5.74, 6) is 0.676. The molecule has 0 aliphatic carbocycles. The van der Waals surface area contributed by atoms with Gasteiger partial charge in [0.2, 0.25) is 0 Å². The summed E-state index contributed by atoms with van der Waals surface area (Å²) >= 11 is 0. The third kappa shape index (κ3) is 2.90. The van der Waals surface area contributed by atoms with Crippen molar-refractivity contribution in [3.8, 4) is 0 Å². The fraction of sp³-hybridized carbons (Fsp3) is 0.667. The molecule has 0 amide bonds. The average molecular weight is 247 g/mol. The lowest BCUT2D eigenvalue weighted by Gasteiger charge is -2.41. The molecule has 2 unspecified atom stereocenters. The van der Waals surface area contributed by atoms with E-state index < -0.39 is 0 Å². The Balaban J connectivity index is 2.27. The Morgan fingerprint density at radius 1 is 1.50 bits per heavy atom. The fourth-order valence-corrected chi connectivity index (χ4v) is 2.98. The van der Waals surface area contributed by atoms with Crippen LogP contribution in [0.4, 0.5) is 0 Å². The van der Waals surface area contributed by atoms with Gasteiger partial charge in [0.05, 0.1) is 6.04 Å². The highest BCUT2D eigenvalue weighted by atomic mass is 15.2. The molecule has 1 aliphatic rings. The first-order valence-corrected chi connectivity index (χ1v) is 6.99. The first-order chi connectivity index (χ1) is 8.59. The van der Waals surface area contributed by atoms with Crippen LogP contribution in [0.3, 0.4) is 0 Å². The molecule has 1 fully saturated rings. The topological polar surface area (TPSA) is 42.1 Å². The molecule has 1 aromatic heterocycles. The van der Waals surface area contributed by atoms with Gasteiger partial charge >= 0.3 is 0 Å². The van der Waals surface area contributed by atoms with Gasteiger partial charge in [-0.1, -0.05) is 13.8 Å². The van der Waals surface area contributed by atoms with Gasteiger partial charge in [-0.05, 0) is 49.4 Å². The maximum atomic E-state index is 6.38. The molecule has 0 bridgehead atoms. The Morgan fingerprint density at radius 3 is 2.94 bits per heavy atom. The van der Waals surface area contributed by atoms with Crippen LogP contribution in [-0.2, 0) is 0 Å². The van der Waals surface area contributed by atoms with E-state index in [0.717, 1.165) is 19.5 Å². The number of likely N-dealkylation sites (tertiary alicyclic amines) is 1. The van der Waals surface area contributed by atoms with Gasteiger partial charge in [-0.15, -0.1) is 0 Å². The lowest BCUT2D eigenvalue weighted by Crippen LogP contribution is -2.47. The van der Waals surface area contributed by atoms with Gasteiger partial charge in [0, 0.05) is 25.0 Å². The molecule has 1 saturated heterocycles. The van der Waals surface area contributed by atoms with E-state index in [9.17, 15) is 0 Å². The zero-order valence-corrected chi connectivity index (χ0v) is 11.8. The lowest BCUT2D eigenvalue weighted by atomic mass is 9.89. The first kappa shape index (κ1) is 13.5. The van der Waals surface area contributed by atoms with Gasteiger partial charge in [-0.25, -0.2) is 0 Å². The number of nitrogens with zero attached hydrogens (tertiary/aromatic N) is 2. The van der Waals surface area contributed by atoms with Gasteiger partial charge in [-0.2, -0.15) is 0 Å². The summed E-state index contributed by atoms with van der Waals surface area (Å²) in [6.07, 6.45) is 6.19. The van der Waals surface area contributed by atoms with Crippen molar-refractivity contribution in [1.82, 2.24) is 9.88 Å². The highest BCUT2D eigenvalue weighted by Gasteiger charge is 2.31. The van der Waals surface area contributed by atoms with E-state index in [1.54, 1.807) is 0 Å². The first-order valence-electron chi connectivity index (χ1n) is 6.99. The molecule has 3 nitrogen and oxygen atoms in total. The van der Waals surface area contributed by atoms with Gasteiger partial charge in [0.25, 0.3) is 0 Å². The van der Waals surface area contributed by atoms with E-state index in [0.29, 0.717) is 12.0 Å².